The molecule has 1 fully saturated rings. The van der Waals surface area contributed by atoms with Crippen molar-refractivity contribution in [3.63, 3.8) is 0 Å². The van der Waals surface area contributed by atoms with Crippen LogP contribution in [0, 0.1) is 6.92 Å². The van der Waals surface area contributed by atoms with Crippen LogP contribution in [-0.4, -0.2) is 42.6 Å². The monoisotopic (exact) mass is 518 g/mol. The number of nitrogens with zero attached hydrogens (tertiary/aromatic N) is 1. The number of thiophene rings is 1. The number of carbonyl (C=O) groups excluding carboxylic acids is 2. The normalized spacial score (nSPS) is 16.5. The molecule has 1 aliphatic rings. The average molecular weight is 519 g/mol. The fraction of sp³-hybridized carbons (Fsp3) is 0.500. The van der Waals surface area contributed by atoms with Gasteiger partial charge in [0.25, 0.3) is 5.91 Å². The first-order valence-electron chi connectivity index (χ1n) is 10.9. The van der Waals surface area contributed by atoms with E-state index in [2.05, 4.69) is 36.5 Å². The molecule has 31 heavy (non-hydrogen) atoms. The van der Waals surface area contributed by atoms with E-state index in [-0.39, 0.29) is 44.7 Å². The molecular weight excluding hydrogens is 485 g/mol. The summed E-state index contributed by atoms with van der Waals surface area (Å²) in [5.41, 5.74) is 2.77. The van der Waals surface area contributed by atoms with Crippen molar-refractivity contribution in [2.75, 3.05) is 25.5 Å². The number of methoxy groups -OCH3 is 1. The van der Waals surface area contributed by atoms with Crippen LogP contribution in [0.1, 0.15) is 59.8 Å². The number of rotatable bonds is 7. The molecule has 2 heterocycles. The van der Waals surface area contributed by atoms with Crippen molar-refractivity contribution in [2.24, 2.45) is 0 Å². The molecular formula is C24H33N2O3SY+. The van der Waals surface area contributed by atoms with Crippen LogP contribution in [0.2, 0.25) is 0 Å². The van der Waals surface area contributed by atoms with Crippen LogP contribution in [0.25, 0.3) is 0 Å². The van der Waals surface area contributed by atoms with Crippen molar-refractivity contribution < 1.29 is 51.5 Å². The maximum Gasteiger partial charge on any atom is 0.350 e. The quantitative estimate of drug-likeness (QED) is 0.408. The van der Waals surface area contributed by atoms with Gasteiger partial charge < -0.3 is 14.5 Å². The molecule has 0 saturated carbocycles. The summed E-state index contributed by atoms with van der Waals surface area (Å²) in [4.78, 5) is 26.2. The van der Waals surface area contributed by atoms with Crippen LogP contribution in [0.3, 0.4) is 0 Å². The van der Waals surface area contributed by atoms with E-state index in [9.17, 15) is 9.59 Å². The van der Waals surface area contributed by atoms with Gasteiger partial charge in [0.15, 0.2) is 6.04 Å². The van der Waals surface area contributed by atoms with Crippen molar-refractivity contribution in [3.05, 3.63) is 51.7 Å². The predicted molar refractivity (Wildman–Crippen MR) is 122 cm³/mol. The van der Waals surface area contributed by atoms with Crippen LogP contribution in [-0.2, 0) is 48.8 Å². The predicted octanol–water partition coefficient (Wildman–Crippen LogP) is 5.15. The minimum absolute atomic E-state index is 0. The van der Waals surface area contributed by atoms with Crippen LogP contribution in [0.5, 0.6) is 0 Å². The topological polar surface area (TPSA) is 55.4 Å². The van der Waals surface area contributed by atoms with Gasteiger partial charge in [-0.15, -0.1) is 11.3 Å². The minimum Gasteiger partial charge on any atom is -0.465 e. The molecule has 1 aliphatic heterocycles. The van der Waals surface area contributed by atoms with Gasteiger partial charge in [-0.3, -0.25) is 4.79 Å². The number of hydrogen-bond acceptors (Lipinski definition) is 4. The summed E-state index contributed by atoms with van der Waals surface area (Å²) in [6.07, 6.45) is 5.49. The van der Waals surface area contributed by atoms with Crippen molar-refractivity contribution in [1.82, 2.24) is 0 Å². The first-order chi connectivity index (χ1) is 14.5. The van der Waals surface area contributed by atoms with E-state index in [1.54, 1.807) is 0 Å². The summed E-state index contributed by atoms with van der Waals surface area (Å²) >= 11 is 1.32. The third-order valence-electron chi connectivity index (χ3n) is 6.24. The zero-order valence-corrected chi connectivity index (χ0v) is 22.5. The summed E-state index contributed by atoms with van der Waals surface area (Å²) < 4.78 is 5.69. The Morgan fingerprint density at radius 1 is 1.13 bits per heavy atom. The van der Waals surface area contributed by atoms with E-state index in [1.807, 2.05) is 18.4 Å². The van der Waals surface area contributed by atoms with Gasteiger partial charge in [-0.25, -0.2) is 4.79 Å². The number of amides is 1. The maximum atomic E-state index is 13.6. The number of ether oxygens (including phenoxy) is 1. The number of esters is 1. The molecule has 0 aliphatic carbocycles. The number of hydrogen-bond donors (Lipinski definition) is 1. The third-order valence-corrected chi connectivity index (χ3v) is 7.32. The first-order valence-corrected chi connectivity index (χ1v) is 11.8. The molecule has 1 radical (unpaired) electrons. The molecule has 0 spiro atoms. The molecule has 1 unspecified atom stereocenters. The van der Waals surface area contributed by atoms with E-state index in [0.717, 1.165) is 48.9 Å². The molecule has 1 aromatic heterocycles. The fourth-order valence-electron chi connectivity index (χ4n) is 4.72. The van der Waals surface area contributed by atoms with Crippen molar-refractivity contribution in [3.8, 4) is 0 Å². The van der Waals surface area contributed by atoms with Gasteiger partial charge in [-0.1, -0.05) is 37.3 Å². The Labute approximate surface area is 215 Å². The molecule has 165 valence electrons. The first kappa shape index (κ1) is 26.2. The van der Waals surface area contributed by atoms with Gasteiger partial charge in [0.2, 0.25) is 0 Å². The van der Waals surface area contributed by atoms with Crippen molar-refractivity contribution >= 4 is 28.9 Å². The van der Waals surface area contributed by atoms with Gasteiger partial charge in [0.05, 0.1) is 25.9 Å². The van der Waals surface area contributed by atoms with Gasteiger partial charge in [-0.05, 0) is 43.6 Å². The molecule has 1 atom stereocenters. The van der Waals surface area contributed by atoms with E-state index in [1.165, 1.54) is 36.9 Å². The molecule has 1 saturated heterocycles. The maximum absolute atomic E-state index is 13.6. The number of benzene rings is 1. The van der Waals surface area contributed by atoms with E-state index in [4.69, 9.17) is 4.74 Å². The van der Waals surface area contributed by atoms with E-state index >= 15 is 0 Å². The van der Waals surface area contributed by atoms with Crippen LogP contribution in [0.4, 0.5) is 5.69 Å². The molecule has 5 nitrogen and oxygen atoms in total. The standard InChI is InChI=1S/C24H32N2O3S.Y/c1-4-20(23(27)25-21-18(2)17-30-22(21)24(28)29-3)26(14-10-5-6-11-15-26)16-19-12-8-7-9-13-19;/h7-9,12-13,17,20H,4-6,10-11,14-16H2,1-3H3;/p+1. The molecule has 1 amide bonds. The van der Waals surface area contributed by atoms with E-state index < -0.39 is 5.97 Å². The minimum atomic E-state index is -0.403. The molecule has 2 aromatic rings. The Hall–Kier alpha value is -1.08. The number of aryl methyl sites for hydroxylation is 1. The number of anilines is 1. The van der Waals surface area contributed by atoms with Gasteiger partial charge >= 0.3 is 5.97 Å². The third kappa shape index (κ3) is 6.25. The van der Waals surface area contributed by atoms with Gasteiger partial charge in [-0.2, -0.15) is 0 Å². The summed E-state index contributed by atoms with van der Waals surface area (Å²) in [6.45, 7) is 6.89. The second-order valence-corrected chi connectivity index (χ2v) is 9.13. The molecule has 1 N–H and O–H groups in total. The van der Waals surface area contributed by atoms with Crippen LogP contribution < -0.4 is 5.32 Å². The number of likely N-dealkylation sites (tertiary alicyclic amines) is 1. The molecule has 1 aromatic carbocycles. The Balaban J connectivity index is 0.00000341. The number of nitrogens with one attached hydrogen (secondary N) is 1. The largest absolute Gasteiger partial charge is 0.465 e. The Bertz CT molecular complexity index is 861. The summed E-state index contributed by atoms with van der Waals surface area (Å²) in [5, 5.41) is 5.00. The van der Waals surface area contributed by atoms with Crippen molar-refractivity contribution in [2.45, 2.75) is 58.5 Å². The molecule has 3 rings (SSSR count). The Morgan fingerprint density at radius 2 is 1.77 bits per heavy atom. The fourth-order valence-corrected chi connectivity index (χ4v) is 5.64. The smallest absolute Gasteiger partial charge is 0.350 e. The number of quaternary nitrogens is 1. The second-order valence-electron chi connectivity index (χ2n) is 8.25. The Kier molecular flexibility index (Phi) is 10.3. The summed E-state index contributed by atoms with van der Waals surface area (Å²) in [7, 11) is 1.37. The van der Waals surface area contributed by atoms with Crippen LogP contribution >= 0.6 is 11.3 Å². The SMILES string of the molecule is CCC(C(=O)Nc1c(C)csc1C(=O)OC)[N+]1(Cc2ccccc2)CCCCCC1.[Y]. The average Bonchev–Trinajstić information content (AvgIpc) is 2.95. The van der Waals surface area contributed by atoms with E-state index in [0.29, 0.717) is 10.6 Å². The summed E-state index contributed by atoms with van der Waals surface area (Å²) in [6, 6.07) is 10.3. The number of carbonyl (C=O) groups is 2. The zero-order chi connectivity index (χ0) is 21.6. The van der Waals surface area contributed by atoms with Gasteiger partial charge in [0.1, 0.15) is 11.4 Å². The Morgan fingerprint density at radius 3 is 2.35 bits per heavy atom. The summed E-state index contributed by atoms with van der Waals surface area (Å²) in [5.74, 6) is -0.401. The second kappa shape index (κ2) is 12.2. The molecule has 0 bridgehead atoms. The van der Waals surface area contributed by atoms with Crippen molar-refractivity contribution in [1.29, 1.82) is 0 Å². The zero-order valence-electron chi connectivity index (χ0n) is 18.9. The van der Waals surface area contributed by atoms with Crippen LogP contribution in [0.15, 0.2) is 35.7 Å². The molecule has 7 heteroatoms. The van der Waals surface area contributed by atoms with Gasteiger partial charge in [0, 0.05) is 44.7 Å².